The van der Waals surface area contributed by atoms with E-state index < -0.39 is 0 Å². The number of halogens is 1. The van der Waals surface area contributed by atoms with Crippen molar-refractivity contribution in [2.24, 2.45) is 0 Å². The predicted octanol–water partition coefficient (Wildman–Crippen LogP) is 3.63. The number of anilines is 1. The molecule has 7 heteroatoms. The number of hydrogen-bond donors (Lipinski definition) is 0. The second kappa shape index (κ2) is 8.68. The van der Waals surface area contributed by atoms with E-state index in [4.69, 9.17) is 16.3 Å². The van der Waals surface area contributed by atoms with Crippen LogP contribution in [0.5, 0.6) is 0 Å². The second-order valence-corrected chi connectivity index (χ2v) is 7.46. The molecule has 150 valence electrons. The van der Waals surface area contributed by atoms with Crippen LogP contribution >= 0.6 is 11.6 Å². The Morgan fingerprint density at radius 3 is 2.59 bits per heavy atom. The highest BCUT2D eigenvalue weighted by atomic mass is 35.5. The summed E-state index contributed by atoms with van der Waals surface area (Å²) in [6.45, 7) is 3.88. The average molecular weight is 411 g/mol. The molecular weight excluding hydrogens is 388 g/mol. The SMILES string of the molecule is CN(Cc1ccc(N2CCOCC2)cc1)C(=O)c1cnn(-c2ccccc2Cl)c1. The number of carbonyl (C=O) groups is 1. The number of hydrogen-bond acceptors (Lipinski definition) is 4. The summed E-state index contributed by atoms with van der Waals surface area (Å²) < 4.78 is 7.03. The number of benzene rings is 2. The van der Waals surface area contributed by atoms with Gasteiger partial charge in [0, 0.05) is 38.6 Å². The number of nitrogens with zero attached hydrogens (tertiary/aromatic N) is 4. The van der Waals surface area contributed by atoms with Crippen molar-refractivity contribution in [3.8, 4) is 5.69 Å². The molecular formula is C22H23ClN4O2. The van der Waals surface area contributed by atoms with Crippen LogP contribution in [0.4, 0.5) is 5.69 Å². The molecule has 2 aromatic carbocycles. The van der Waals surface area contributed by atoms with Crippen LogP contribution in [-0.2, 0) is 11.3 Å². The van der Waals surface area contributed by atoms with Gasteiger partial charge in [0.05, 0.1) is 35.7 Å². The van der Waals surface area contributed by atoms with Crippen molar-refractivity contribution in [2.45, 2.75) is 6.54 Å². The summed E-state index contributed by atoms with van der Waals surface area (Å²) in [6.07, 6.45) is 3.28. The van der Waals surface area contributed by atoms with Crippen molar-refractivity contribution in [1.82, 2.24) is 14.7 Å². The van der Waals surface area contributed by atoms with E-state index in [1.165, 1.54) is 5.69 Å². The number of morpholine rings is 1. The molecule has 1 aliphatic rings. The number of para-hydroxylation sites is 1. The van der Waals surface area contributed by atoms with E-state index in [1.807, 2.05) is 18.2 Å². The summed E-state index contributed by atoms with van der Waals surface area (Å²) in [5, 5.41) is 4.88. The summed E-state index contributed by atoms with van der Waals surface area (Å²) in [5.74, 6) is -0.0828. The van der Waals surface area contributed by atoms with Gasteiger partial charge >= 0.3 is 0 Å². The Hall–Kier alpha value is -2.83. The zero-order valence-electron chi connectivity index (χ0n) is 16.3. The van der Waals surface area contributed by atoms with Crippen LogP contribution in [0.15, 0.2) is 60.9 Å². The molecule has 29 heavy (non-hydrogen) atoms. The number of ether oxygens (including phenoxy) is 1. The normalized spacial score (nSPS) is 14.1. The van der Waals surface area contributed by atoms with Gasteiger partial charge in [0.1, 0.15) is 0 Å². The van der Waals surface area contributed by atoms with E-state index in [0.29, 0.717) is 17.1 Å². The van der Waals surface area contributed by atoms with E-state index in [-0.39, 0.29) is 5.91 Å². The van der Waals surface area contributed by atoms with E-state index in [9.17, 15) is 4.79 Å². The topological polar surface area (TPSA) is 50.6 Å². The third kappa shape index (κ3) is 4.44. The molecule has 0 N–H and O–H groups in total. The molecule has 0 radical (unpaired) electrons. The van der Waals surface area contributed by atoms with Crippen molar-refractivity contribution in [3.05, 3.63) is 77.1 Å². The quantitative estimate of drug-likeness (QED) is 0.644. The third-order valence-corrected chi connectivity index (χ3v) is 5.33. The first-order valence-corrected chi connectivity index (χ1v) is 9.96. The van der Waals surface area contributed by atoms with Gasteiger partial charge in [0.25, 0.3) is 5.91 Å². The zero-order valence-corrected chi connectivity index (χ0v) is 17.0. The van der Waals surface area contributed by atoms with Gasteiger partial charge in [0.2, 0.25) is 0 Å². The monoisotopic (exact) mass is 410 g/mol. The Morgan fingerprint density at radius 1 is 1.14 bits per heavy atom. The van der Waals surface area contributed by atoms with Gasteiger partial charge in [-0.3, -0.25) is 4.79 Å². The molecule has 2 heterocycles. The summed E-state index contributed by atoms with van der Waals surface area (Å²) in [7, 11) is 1.80. The lowest BCUT2D eigenvalue weighted by Crippen LogP contribution is -2.36. The van der Waals surface area contributed by atoms with Gasteiger partial charge in [-0.15, -0.1) is 0 Å². The Balaban J connectivity index is 1.41. The largest absolute Gasteiger partial charge is 0.378 e. The fraction of sp³-hybridized carbons (Fsp3) is 0.273. The van der Waals surface area contributed by atoms with E-state index in [2.05, 4.69) is 34.3 Å². The first-order chi connectivity index (χ1) is 14.1. The summed E-state index contributed by atoms with van der Waals surface area (Å²) in [6, 6.07) is 15.8. The molecule has 3 aromatic rings. The fourth-order valence-electron chi connectivity index (χ4n) is 3.40. The Labute approximate surface area is 175 Å². The number of amides is 1. The average Bonchev–Trinajstić information content (AvgIpc) is 3.24. The molecule has 1 aromatic heterocycles. The standard InChI is InChI=1S/C22H23ClN4O2/c1-25(15-17-6-8-19(9-7-17)26-10-12-29-13-11-26)22(28)18-14-24-27(16-18)21-5-3-2-4-20(21)23/h2-9,14,16H,10-13,15H2,1H3. The molecule has 0 atom stereocenters. The van der Waals surface area contributed by atoms with Crippen molar-refractivity contribution >= 4 is 23.2 Å². The highest BCUT2D eigenvalue weighted by Crippen LogP contribution is 2.20. The van der Waals surface area contributed by atoms with Gasteiger partial charge in [-0.2, -0.15) is 5.10 Å². The molecule has 0 saturated carbocycles. The Bertz CT molecular complexity index is 980. The molecule has 0 bridgehead atoms. The van der Waals surface area contributed by atoms with Crippen molar-refractivity contribution < 1.29 is 9.53 Å². The molecule has 1 fully saturated rings. The van der Waals surface area contributed by atoms with E-state index in [1.54, 1.807) is 35.1 Å². The van der Waals surface area contributed by atoms with Crippen molar-refractivity contribution in [3.63, 3.8) is 0 Å². The van der Waals surface area contributed by atoms with Gasteiger partial charge < -0.3 is 14.5 Å². The van der Waals surface area contributed by atoms with Crippen LogP contribution in [0.25, 0.3) is 5.69 Å². The van der Waals surface area contributed by atoms with Crippen LogP contribution in [-0.4, -0.2) is 53.9 Å². The predicted molar refractivity (Wildman–Crippen MR) is 114 cm³/mol. The molecule has 0 spiro atoms. The first kappa shape index (κ1) is 19.5. The maximum Gasteiger partial charge on any atom is 0.257 e. The summed E-state index contributed by atoms with van der Waals surface area (Å²) in [4.78, 5) is 16.8. The van der Waals surface area contributed by atoms with E-state index >= 15 is 0 Å². The minimum atomic E-state index is -0.0828. The maximum absolute atomic E-state index is 12.8. The Morgan fingerprint density at radius 2 is 1.86 bits per heavy atom. The highest BCUT2D eigenvalue weighted by Gasteiger charge is 2.16. The summed E-state index contributed by atoms with van der Waals surface area (Å²) in [5.41, 5.74) is 3.54. The van der Waals surface area contributed by atoms with Crippen LogP contribution in [0, 0.1) is 0 Å². The fourth-order valence-corrected chi connectivity index (χ4v) is 3.62. The lowest BCUT2D eigenvalue weighted by atomic mass is 10.1. The number of aromatic nitrogens is 2. The molecule has 0 unspecified atom stereocenters. The lowest BCUT2D eigenvalue weighted by molar-refractivity contribution is 0.0785. The molecule has 1 amide bonds. The minimum Gasteiger partial charge on any atom is -0.378 e. The van der Waals surface area contributed by atoms with Crippen LogP contribution in [0.2, 0.25) is 5.02 Å². The van der Waals surface area contributed by atoms with Crippen molar-refractivity contribution in [2.75, 3.05) is 38.3 Å². The van der Waals surface area contributed by atoms with Crippen LogP contribution < -0.4 is 4.90 Å². The smallest absolute Gasteiger partial charge is 0.257 e. The van der Waals surface area contributed by atoms with Crippen LogP contribution in [0.1, 0.15) is 15.9 Å². The number of rotatable bonds is 5. The van der Waals surface area contributed by atoms with Crippen molar-refractivity contribution in [1.29, 1.82) is 0 Å². The maximum atomic E-state index is 12.8. The number of carbonyl (C=O) groups excluding carboxylic acids is 1. The molecule has 1 saturated heterocycles. The molecule has 1 aliphatic heterocycles. The van der Waals surface area contributed by atoms with Gasteiger partial charge in [0.15, 0.2) is 0 Å². The molecule has 0 aliphatic carbocycles. The second-order valence-electron chi connectivity index (χ2n) is 7.05. The highest BCUT2D eigenvalue weighted by molar-refractivity contribution is 6.32. The Kier molecular flexibility index (Phi) is 5.83. The van der Waals surface area contributed by atoms with Crippen LogP contribution in [0.3, 0.4) is 0 Å². The van der Waals surface area contributed by atoms with Gasteiger partial charge in [-0.05, 0) is 29.8 Å². The molecule has 4 rings (SSSR count). The lowest BCUT2D eigenvalue weighted by Gasteiger charge is -2.29. The molecule has 6 nitrogen and oxygen atoms in total. The third-order valence-electron chi connectivity index (χ3n) is 5.01. The minimum absolute atomic E-state index is 0.0828. The van der Waals surface area contributed by atoms with Gasteiger partial charge in [-0.1, -0.05) is 35.9 Å². The summed E-state index contributed by atoms with van der Waals surface area (Å²) >= 11 is 6.22. The zero-order chi connectivity index (χ0) is 20.2. The first-order valence-electron chi connectivity index (χ1n) is 9.58. The van der Waals surface area contributed by atoms with Gasteiger partial charge in [-0.25, -0.2) is 4.68 Å². The van der Waals surface area contributed by atoms with E-state index in [0.717, 1.165) is 37.6 Å².